The van der Waals surface area contributed by atoms with Crippen LogP contribution in [0.4, 0.5) is 0 Å². The maximum Gasteiger partial charge on any atom is 0.0202 e. The molecule has 0 fully saturated rings. The molecule has 0 aromatic heterocycles. The zero-order valence-electron chi connectivity index (χ0n) is 11.7. The molecule has 2 N–H and O–H groups in total. The Morgan fingerprint density at radius 3 is 2.28 bits per heavy atom. The third-order valence-corrected chi connectivity index (χ3v) is 3.84. The summed E-state index contributed by atoms with van der Waals surface area (Å²) in [5, 5.41) is 6.36. The summed E-state index contributed by atoms with van der Waals surface area (Å²) < 4.78 is 0. The Morgan fingerprint density at radius 2 is 1.78 bits per heavy atom. The van der Waals surface area contributed by atoms with Crippen LogP contribution in [0.1, 0.15) is 25.0 Å². The van der Waals surface area contributed by atoms with Crippen molar-refractivity contribution in [2.45, 2.75) is 20.4 Å². The van der Waals surface area contributed by atoms with Crippen LogP contribution in [0.2, 0.25) is 0 Å². The number of rotatable bonds is 6. The first-order valence-electron chi connectivity index (χ1n) is 6.38. The first-order chi connectivity index (χ1) is 8.60. The topological polar surface area (TPSA) is 24.1 Å². The number of hydrogen-bond acceptors (Lipinski definition) is 3. The molecule has 0 amide bonds. The summed E-state index contributed by atoms with van der Waals surface area (Å²) in [5.41, 5.74) is 3.82. The number of benzene rings is 1. The van der Waals surface area contributed by atoms with Crippen molar-refractivity contribution in [2.24, 2.45) is 5.92 Å². The standard InChI is InChI=1S/C15H24N2S/c1-11(9-16-3)12(2)15(18)14-7-5-13(6-8-14)10-17-4/h5-8,11,16-18H,9-10H2,1-4H3/b15-12-. The van der Waals surface area contributed by atoms with Crippen molar-refractivity contribution < 1.29 is 0 Å². The molecule has 1 rings (SSSR count). The van der Waals surface area contributed by atoms with Gasteiger partial charge < -0.3 is 10.6 Å². The average Bonchev–Trinajstić information content (AvgIpc) is 2.38. The summed E-state index contributed by atoms with van der Waals surface area (Å²) in [6.07, 6.45) is 0. The molecule has 0 saturated carbocycles. The van der Waals surface area contributed by atoms with E-state index in [1.54, 1.807) is 0 Å². The van der Waals surface area contributed by atoms with Crippen molar-refractivity contribution in [3.05, 3.63) is 41.0 Å². The van der Waals surface area contributed by atoms with Crippen LogP contribution in [0, 0.1) is 5.92 Å². The minimum Gasteiger partial charge on any atom is -0.319 e. The van der Waals surface area contributed by atoms with Crippen LogP contribution in [-0.4, -0.2) is 20.6 Å². The molecule has 0 saturated heterocycles. The quantitative estimate of drug-likeness (QED) is 0.688. The molecular formula is C15H24N2S. The highest BCUT2D eigenvalue weighted by atomic mass is 32.1. The SMILES string of the molecule is CNCc1ccc(/C(S)=C(\C)C(C)CNC)cc1. The second-order valence-electron chi connectivity index (χ2n) is 4.72. The third-order valence-electron chi connectivity index (χ3n) is 3.23. The Kier molecular flexibility index (Phi) is 6.47. The lowest BCUT2D eigenvalue weighted by Gasteiger charge is -2.15. The van der Waals surface area contributed by atoms with E-state index in [0.717, 1.165) is 18.0 Å². The van der Waals surface area contributed by atoms with E-state index in [9.17, 15) is 0 Å². The van der Waals surface area contributed by atoms with Crippen LogP contribution < -0.4 is 10.6 Å². The summed E-state index contributed by atoms with van der Waals surface area (Å²) in [6, 6.07) is 8.59. The lowest BCUT2D eigenvalue weighted by molar-refractivity contribution is 0.622. The summed E-state index contributed by atoms with van der Waals surface area (Å²) in [4.78, 5) is 1.09. The highest BCUT2D eigenvalue weighted by Gasteiger charge is 2.08. The number of hydrogen-bond donors (Lipinski definition) is 3. The molecule has 0 aliphatic carbocycles. The Labute approximate surface area is 116 Å². The highest BCUT2D eigenvalue weighted by molar-refractivity contribution is 7.90. The summed E-state index contributed by atoms with van der Waals surface area (Å²) >= 11 is 4.67. The molecule has 0 heterocycles. The first-order valence-corrected chi connectivity index (χ1v) is 6.83. The second-order valence-corrected chi connectivity index (χ2v) is 5.16. The van der Waals surface area contributed by atoms with Crippen LogP contribution in [0.3, 0.4) is 0 Å². The average molecular weight is 264 g/mol. The molecule has 1 aromatic carbocycles. The molecule has 0 aliphatic rings. The lowest BCUT2D eigenvalue weighted by Crippen LogP contribution is -2.17. The maximum absolute atomic E-state index is 4.67. The van der Waals surface area contributed by atoms with Gasteiger partial charge in [-0.1, -0.05) is 36.8 Å². The monoisotopic (exact) mass is 264 g/mol. The fourth-order valence-electron chi connectivity index (χ4n) is 1.90. The smallest absolute Gasteiger partial charge is 0.0202 e. The van der Waals surface area contributed by atoms with Crippen LogP contribution in [0.5, 0.6) is 0 Å². The van der Waals surface area contributed by atoms with Gasteiger partial charge in [0.2, 0.25) is 0 Å². The first kappa shape index (κ1) is 15.3. The number of thiol groups is 1. The van der Waals surface area contributed by atoms with Crippen LogP contribution >= 0.6 is 12.6 Å². The van der Waals surface area contributed by atoms with Crippen molar-refractivity contribution in [3.63, 3.8) is 0 Å². The molecule has 1 aromatic rings. The molecular weight excluding hydrogens is 240 g/mol. The van der Waals surface area contributed by atoms with Crippen LogP contribution in [0.25, 0.3) is 4.91 Å². The minimum absolute atomic E-state index is 0.500. The van der Waals surface area contributed by atoms with Gasteiger partial charge in [0.15, 0.2) is 0 Å². The molecule has 0 radical (unpaired) electrons. The molecule has 100 valence electrons. The van der Waals surface area contributed by atoms with Crippen molar-refractivity contribution >= 4 is 17.5 Å². The highest BCUT2D eigenvalue weighted by Crippen LogP contribution is 2.26. The van der Waals surface area contributed by atoms with Gasteiger partial charge in [-0.05, 0) is 38.1 Å². The molecule has 0 spiro atoms. The van der Waals surface area contributed by atoms with E-state index in [2.05, 4.69) is 61.4 Å². The van der Waals surface area contributed by atoms with Gasteiger partial charge in [-0.2, -0.15) is 0 Å². The fourth-order valence-corrected chi connectivity index (χ4v) is 2.27. The van der Waals surface area contributed by atoms with Gasteiger partial charge in [0.25, 0.3) is 0 Å². The lowest BCUT2D eigenvalue weighted by atomic mass is 9.99. The van der Waals surface area contributed by atoms with Gasteiger partial charge >= 0.3 is 0 Å². The molecule has 0 aliphatic heterocycles. The molecule has 0 bridgehead atoms. The summed E-state index contributed by atoms with van der Waals surface area (Å²) in [7, 11) is 3.94. The number of nitrogens with one attached hydrogen (secondary N) is 2. The largest absolute Gasteiger partial charge is 0.319 e. The normalized spacial score (nSPS) is 14.3. The van der Waals surface area contributed by atoms with Gasteiger partial charge in [-0.25, -0.2) is 0 Å². The van der Waals surface area contributed by atoms with E-state index in [1.807, 2.05) is 14.1 Å². The Morgan fingerprint density at radius 1 is 1.17 bits per heavy atom. The minimum atomic E-state index is 0.500. The Hall–Kier alpha value is -0.770. The predicted molar refractivity (Wildman–Crippen MR) is 83.9 cm³/mol. The molecule has 1 unspecified atom stereocenters. The van der Waals surface area contributed by atoms with Crippen molar-refractivity contribution in [1.29, 1.82) is 0 Å². The summed E-state index contributed by atoms with van der Waals surface area (Å²) in [6.45, 7) is 6.26. The second kappa shape index (κ2) is 7.62. The van der Waals surface area contributed by atoms with Crippen molar-refractivity contribution in [3.8, 4) is 0 Å². The van der Waals surface area contributed by atoms with Gasteiger partial charge in [0, 0.05) is 18.0 Å². The zero-order valence-corrected chi connectivity index (χ0v) is 12.6. The van der Waals surface area contributed by atoms with E-state index in [1.165, 1.54) is 16.7 Å². The van der Waals surface area contributed by atoms with E-state index >= 15 is 0 Å². The molecule has 18 heavy (non-hydrogen) atoms. The van der Waals surface area contributed by atoms with E-state index in [-0.39, 0.29) is 0 Å². The Balaban J connectivity index is 2.88. The van der Waals surface area contributed by atoms with Gasteiger partial charge in [0.1, 0.15) is 0 Å². The molecule has 2 nitrogen and oxygen atoms in total. The zero-order chi connectivity index (χ0) is 13.5. The predicted octanol–water partition coefficient (Wildman–Crippen LogP) is 2.92. The maximum atomic E-state index is 4.67. The van der Waals surface area contributed by atoms with Crippen LogP contribution in [0.15, 0.2) is 29.8 Å². The van der Waals surface area contributed by atoms with Gasteiger partial charge in [-0.15, -0.1) is 12.6 Å². The Bertz CT molecular complexity index is 395. The van der Waals surface area contributed by atoms with Gasteiger partial charge in [0.05, 0.1) is 0 Å². The van der Waals surface area contributed by atoms with Crippen molar-refractivity contribution in [2.75, 3.05) is 20.6 Å². The molecule has 1 atom stereocenters. The van der Waals surface area contributed by atoms with Crippen LogP contribution in [-0.2, 0) is 6.54 Å². The van der Waals surface area contributed by atoms with E-state index in [4.69, 9.17) is 0 Å². The third kappa shape index (κ3) is 4.16. The van der Waals surface area contributed by atoms with E-state index in [0.29, 0.717) is 5.92 Å². The van der Waals surface area contributed by atoms with Crippen molar-refractivity contribution in [1.82, 2.24) is 10.6 Å². The van der Waals surface area contributed by atoms with Gasteiger partial charge in [-0.3, -0.25) is 0 Å². The van der Waals surface area contributed by atoms with E-state index < -0.39 is 0 Å². The molecule has 3 heteroatoms. The summed E-state index contributed by atoms with van der Waals surface area (Å²) in [5.74, 6) is 0.500. The fraction of sp³-hybridized carbons (Fsp3) is 0.467.